The van der Waals surface area contributed by atoms with Crippen LogP contribution in [0.15, 0.2) is 0 Å². The first-order valence-corrected chi connectivity index (χ1v) is 6.77. The SMILES string of the molecule is O=C1NC(=O)N(C23CC4CC(CC(C4)C2)C3)C1=O. The third-order valence-electron chi connectivity index (χ3n) is 5.30. The Morgan fingerprint density at radius 1 is 0.944 bits per heavy atom. The summed E-state index contributed by atoms with van der Waals surface area (Å²) < 4.78 is 0. The second kappa shape index (κ2) is 3.13. The van der Waals surface area contributed by atoms with Crippen molar-refractivity contribution >= 4 is 17.8 Å². The summed E-state index contributed by atoms with van der Waals surface area (Å²) in [5.41, 5.74) is -0.345. The number of hydrogen-bond acceptors (Lipinski definition) is 3. The Balaban J connectivity index is 1.73. The van der Waals surface area contributed by atoms with Crippen LogP contribution in [0.3, 0.4) is 0 Å². The fourth-order valence-corrected chi connectivity index (χ4v) is 5.17. The number of amides is 4. The number of imide groups is 2. The van der Waals surface area contributed by atoms with E-state index < -0.39 is 17.8 Å². The first-order valence-electron chi connectivity index (χ1n) is 6.77. The van der Waals surface area contributed by atoms with Crippen LogP contribution in [0.25, 0.3) is 0 Å². The van der Waals surface area contributed by atoms with Gasteiger partial charge in [-0.15, -0.1) is 0 Å². The molecule has 5 nitrogen and oxygen atoms in total. The molecule has 4 amide bonds. The predicted octanol–water partition coefficient (Wildman–Crippen LogP) is 1.03. The molecule has 0 atom stereocenters. The normalized spacial score (nSPS) is 45.9. The molecule has 5 rings (SSSR count). The van der Waals surface area contributed by atoms with Gasteiger partial charge in [-0.25, -0.2) is 9.69 Å². The molecule has 1 heterocycles. The summed E-state index contributed by atoms with van der Waals surface area (Å²) in [5.74, 6) is 0.547. The molecule has 4 bridgehead atoms. The Kier molecular flexibility index (Phi) is 1.83. The van der Waals surface area contributed by atoms with Gasteiger partial charge in [0.2, 0.25) is 0 Å². The van der Waals surface area contributed by atoms with Gasteiger partial charge in [0.25, 0.3) is 0 Å². The summed E-state index contributed by atoms with van der Waals surface area (Å²) in [7, 11) is 0. The minimum absolute atomic E-state index is 0.345. The molecular formula is C13H16N2O3. The number of nitrogens with one attached hydrogen (secondary N) is 1. The summed E-state index contributed by atoms with van der Waals surface area (Å²) in [4.78, 5) is 36.4. The van der Waals surface area contributed by atoms with Crippen LogP contribution < -0.4 is 5.32 Å². The van der Waals surface area contributed by atoms with E-state index in [1.54, 1.807) is 0 Å². The van der Waals surface area contributed by atoms with E-state index in [1.165, 1.54) is 24.2 Å². The molecule has 1 N–H and O–H groups in total. The Hall–Kier alpha value is -1.39. The Morgan fingerprint density at radius 3 is 1.83 bits per heavy atom. The molecule has 5 aliphatic rings. The minimum atomic E-state index is -0.754. The largest absolute Gasteiger partial charge is 0.332 e. The Labute approximate surface area is 105 Å². The fourth-order valence-electron chi connectivity index (χ4n) is 5.17. The van der Waals surface area contributed by atoms with Gasteiger partial charge in [-0.2, -0.15) is 0 Å². The lowest BCUT2D eigenvalue weighted by atomic mass is 9.52. The third-order valence-corrected chi connectivity index (χ3v) is 5.30. The van der Waals surface area contributed by atoms with Gasteiger partial charge >= 0.3 is 17.8 Å². The zero-order valence-corrected chi connectivity index (χ0v) is 10.1. The van der Waals surface area contributed by atoms with Crippen molar-refractivity contribution in [3.63, 3.8) is 0 Å². The quantitative estimate of drug-likeness (QED) is 0.557. The lowest BCUT2D eigenvalue weighted by Crippen LogP contribution is -2.61. The van der Waals surface area contributed by atoms with Gasteiger partial charge in [0, 0.05) is 0 Å². The van der Waals surface area contributed by atoms with Gasteiger partial charge in [-0.05, 0) is 56.3 Å². The summed E-state index contributed by atoms with van der Waals surface area (Å²) in [6, 6.07) is -0.494. The molecule has 0 radical (unpaired) electrons. The van der Waals surface area contributed by atoms with Crippen molar-refractivity contribution in [2.45, 2.75) is 44.1 Å². The first-order chi connectivity index (χ1) is 8.57. The molecule has 96 valence electrons. The van der Waals surface area contributed by atoms with Crippen LogP contribution in [0.4, 0.5) is 4.79 Å². The Bertz CT molecular complexity index is 436. The molecule has 0 aromatic heterocycles. The highest BCUT2D eigenvalue weighted by molar-refractivity contribution is 6.45. The molecule has 5 heteroatoms. The molecule has 0 aromatic carbocycles. The van der Waals surface area contributed by atoms with Gasteiger partial charge < -0.3 is 0 Å². The van der Waals surface area contributed by atoms with E-state index in [4.69, 9.17) is 0 Å². The van der Waals surface area contributed by atoms with Crippen LogP contribution in [0.1, 0.15) is 38.5 Å². The van der Waals surface area contributed by atoms with Crippen molar-refractivity contribution in [3.8, 4) is 0 Å². The van der Waals surface area contributed by atoms with Crippen LogP contribution in [0.2, 0.25) is 0 Å². The number of carbonyl (C=O) groups excluding carboxylic acids is 3. The van der Waals surface area contributed by atoms with Crippen molar-refractivity contribution < 1.29 is 14.4 Å². The molecule has 4 aliphatic carbocycles. The molecule has 0 spiro atoms. The van der Waals surface area contributed by atoms with E-state index in [2.05, 4.69) is 5.32 Å². The number of carbonyl (C=O) groups is 3. The predicted molar refractivity (Wildman–Crippen MR) is 61.3 cm³/mol. The third kappa shape index (κ3) is 1.19. The monoisotopic (exact) mass is 248 g/mol. The molecule has 1 saturated heterocycles. The topological polar surface area (TPSA) is 66.5 Å². The van der Waals surface area contributed by atoms with Crippen LogP contribution in [-0.2, 0) is 9.59 Å². The van der Waals surface area contributed by atoms with Crippen molar-refractivity contribution in [1.82, 2.24) is 10.2 Å². The molecule has 18 heavy (non-hydrogen) atoms. The van der Waals surface area contributed by atoms with E-state index in [0.29, 0.717) is 17.8 Å². The number of hydrogen-bond donors (Lipinski definition) is 1. The van der Waals surface area contributed by atoms with Crippen LogP contribution >= 0.6 is 0 Å². The highest BCUT2D eigenvalue weighted by atomic mass is 16.2. The van der Waals surface area contributed by atoms with Gasteiger partial charge in [0.15, 0.2) is 0 Å². The zero-order chi connectivity index (χ0) is 12.5. The zero-order valence-electron chi connectivity index (χ0n) is 10.1. The summed E-state index contributed by atoms with van der Waals surface area (Å²) in [6.07, 6.45) is 6.47. The highest BCUT2D eigenvalue weighted by Crippen LogP contribution is 2.58. The van der Waals surface area contributed by atoms with E-state index in [1.807, 2.05) is 0 Å². The maximum atomic E-state index is 11.9. The molecule has 0 unspecified atom stereocenters. The lowest BCUT2D eigenvalue weighted by molar-refractivity contribution is -0.148. The molecule has 1 aliphatic heterocycles. The molecular weight excluding hydrogens is 232 g/mol. The van der Waals surface area contributed by atoms with E-state index >= 15 is 0 Å². The van der Waals surface area contributed by atoms with Gasteiger partial charge in [-0.3, -0.25) is 14.9 Å². The van der Waals surface area contributed by atoms with E-state index in [-0.39, 0.29) is 5.54 Å². The van der Waals surface area contributed by atoms with Crippen LogP contribution in [0, 0.1) is 17.8 Å². The Morgan fingerprint density at radius 2 is 1.44 bits per heavy atom. The maximum Gasteiger partial charge on any atom is 0.332 e. The van der Waals surface area contributed by atoms with Crippen molar-refractivity contribution in [3.05, 3.63) is 0 Å². The maximum absolute atomic E-state index is 11.9. The van der Waals surface area contributed by atoms with E-state index in [0.717, 1.165) is 19.3 Å². The van der Waals surface area contributed by atoms with Gasteiger partial charge in [-0.1, -0.05) is 0 Å². The standard InChI is InChI=1S/C13H16N2O3/c16-10-11(17)15(12(18)14-10)13-4-7-1-8(5-13)3-9(2-7)6-13/h7-9H,1-6H2,(H,14,16,18). The first kappa shape index (κ1) is 10.5. The van der Waals surface area contributed by atoms with Gasteiger partial charge in [0.1, 0.15) is 0 Å². The average molecular weight is 248 g/mol. The second-order valence-corrected chi connectivity index (χ2v) is 6.54. The molecule has 4 saturated carbocycles. The van der Waals surface area contributed by atoms with Crippen molar-refractivity contribution in [2.24, 2.45) is 17.8 Å². The van der Waals surface area contributed by atoms with Gasteiger partial charge in [0.05, 0.1) is 5.54 Å². The van der Waals surface area contributed by atoms with E-state index in [9.17, 15) is 14.4 Å². The minimum Gasteiger partial charge on any atom is -0.269 e. The van der Waals surface area contributed by atoms with Crippen LogP contribution in [-0.4, -0.2) is 28.3 Å². The smallest absolute Gasteiger partial charge is 0.269 e. The van der Waals surface area contributed by atoms with Crippen LogP contribution in [0.5, 0.6) is 0 Å². The number of rotatable bonds is 1. The fraction of sp³-hybridized carbons (Fsp3) is 0.769. The molecule has 5 fully saturated rings. The molecule has 0 aromatic rings. The van der Waals surface area contributed by atoms with Crippen molar-refractivity contribution in [1.29, 1.82) is 0 Å². The highest BCUT2D eigenvalue weighted by Gasteiger charge is 2.59. The number of urea groups is 1. The summed E-state index contributed by atoms with van der Waals surface area (Å²) >= 11 is 0. The average Bonchev–Trinajstić information content (AvgIpc) is 2.51. The second-order valence-electron chi connectivity index (χ2n) is 6.54. The summed E-state index contributed by atoms with van der Waals surface area (Å²) in [6.45, 7) is 0. The van der Waals surface area contributed by atoms with Crippen molar-refractivity contribution in [2.75, 3.05) is 0 Å². The number of nitrogens with zero attached hydrogens (tertiary/aromatic N) is 1. The summed E-state index contributed by atoms with van der Waals surface area (Å²) in [5, 5.41) is 2.14. The lowest BCUT2D eigenvalue weighted by Gasteiger charge is -2.58.